The second-order valence-corrected chi connectivity index (χ2v) is 7.57. The van der Waals surface area contributed by atoms with Gasteiger partial charge in [0.1, 0.15) is 17.4 Å². The fourth-order valence-corrected chi connectivity index (χ4v) is 3.33. The lowest BCUT2D eigenvalue weighted by Gasteiger charge is -2.18. The molecule has 1 aliphatic heterocycles. The lowest BCUT2D eigenvalue weighted by atomic mass is 10.0. The summed E-state index contributed by atoms with van der Waals surface area (Å²) in [6.45, 7) is -2.03. The number of pyridine rings is 1. The van der Waals surface area contributed by atoms with Crippen LogP contribution in [0.15, 0.2) is 42.5 Å². The number of nitrogens with zero attached hydrogens (tertiary/aromatic N) is 1. The third-order valence-corrected chi connectivity index (χ3v) is 4.97. The summed E-state index contributed by atoms with van der Waals surface area (Å²) in [5.41, 5.74) is -1.51. The van der Waals surface area contributed by atoms with Gasteiger partial charge in [-0.05, 0) is 36.4 Å². The van der Waals surface area contributed by atoms with Crippen molar-refractivity contribution in [2.45, 2.75) is 6.18 Å². The molecule has 0 fully saturated rings. The highest BCUT2D eigenvalue weighted by Gasteiger charge is 2.30. The monoisotopic (exact) mass is 513 g/mol. The molecule has 0 bridgehead atoms. The number of nitrogens with one attached hydrogen (secondary N) is 2. The number of hydrogen-bond acceptors (Lipinski definition) is 5. The van der Waals surface area contributed by atoms with Crippen LogP contribution >= 0.6 is 11.6 Å². The fourth-order valence-electron chi connectivity index (χ4n) is 3.12. The molecule has 13 heteroatoms. The second-order valence-electron chi connectivity index (χ2n) is 7.16. The first-order valence-corrected chi connectivity index (χ1v) is 10.1. The molecule has 3 aromatic rings. The molecule has 2 heterocycles. The number of hydrogen-bond donors (Lipinski definition) is 2. The van der Waals surface area contributed by atoms with E-state index in [0.717, 1.165) is 12.1 Å². The zero-order valence-corrected chi connectivity index (χ0v) is 18.1. The maximum Gasteiger partial charge on any atom is 0.422 e. The molecule has 1 aromatic heterocycles. The van der Waals surface area contributed by atoms with Crippen LogP contribution in [0.1, 0.15) is 10.4 Å². The van der Waals surface area contributed by atoms with Gasteiger partial charge in [-0.2, -0.15) is 13.2 Å². The van der Waals surface area contributed by atoms with Gasteiger partial charge in [0.2, 0.25) is 0 Å². The Bertz CT molecular complexity index is 1310. The molecule has 0 aliphatic carbocycles. The van der Waals surface area contributed by atoms with Gasteiger partial charge in [0, 0.05) is 5.56 Å². The van der Waals surface area contributed by atoms with E-state index in [0.29, 0.717) is 6.07 Å². The zero-order valence-electron chi connectivity index (χ0n) is 17.3. The third kappa shape index (κ3) is 5.43. The fraction of sp³-hybridized carbons (Fsp3) is 0.136. The quantitative estimate of drug-likeness (QED) is 0.458. The molecule has 4 rings (SSSR count). The number of amides is 2. The smallest absolute Gasteiger partial charge is 0.422 e. The number of carbonyl (C=O) groups excluding carboxylic acids is 2. The molecule has 7 nitrogen and oxygen atoms in total. The largest absolute Gasteiger partial charge is 0.483 e. The minimum absolute atomic E-state index is 0.0214. The van der Waals surface area contributed by atoms with Crippen molar-refractivity contribution in [3.05, 3.63) is 64.7 Å². The minimum atomic E-state index is -4.77. The highest BCUT2D eigenvalue weighted by molar-refractivity contribution is 6.34. The van der Waals surface area contributed by atoms with E-state index in [1.54, 1.807) is 0 Å². The first-order valence-electron chi connectivity index (χ1n) is 9.74. The zero-order chi connectivity index (χ0) is 25.3. The highest BCUT2D eigenvalue weighted by Crippen LogP contribution is 2.35. The summed E-state index contributed by atoms with van der Waals surface area (Å²) < 4.78 is 77.5. The van der Waals surface area contributed by atoms with Crippen molar-refractivity contribution in [1.82, 2.24) is 4.98 Å². The van der Waals surface area contributed by atoms with Gasteiger partial charge in [-0.15, -0.1) is 0 Å². The van der Waals surface area contributed by atoms with E-state index in [1.807, 2.05) is 0 Å². The molecule has 2 N–H and O–H groups in total. The van der Waals surface area contributed by atoms with Gasteiger partial charge >= 0.3 is 6.18 Å². The summed E-state index contributed by atoms with van der Waals surface area (Å²) in [5.74, 6) is -4.10. The minimum Gasteiger partial charge on any atom is -0.483 e. The van der Waals surface area contributed by atoms with Crippen LogP contribution in [-0.2, 0) is 4.79 Å². The molecule has 1 aliphatic rings. The van der Waals surface area contributed by atoms with Crippen LogP contribution in [0.25, 0.3) is 11.3 Å². The Labute approximate surface area is 198 Å². The Morgan fingerprint density at radius 3 is 2.66 bits per heavy atom. The molecule has 0 saturated carbocycles. The van der Waals surface area contributed by atoms with Crippen LogP contribution in [0.3, 0.4) is 0 Å². The summed E-state index contributed by atoms with van der Waals surface area (Å²) in [5, 5.41) is 4.35. The van der Waals surface area contributed by atoms with Crippen molar-refractivity contribution in [2.75, 3.05) is 23.8 Å². The topological polar surface area (TPSA) is 89.5 Å². The van der Waals surface area contributed by atoms with Crippen LogP contribution < -0.4 is 20.1 Å². The van der Waals surface area contributed by atoms with Crippen LogP contribution in [0, 0.1) is 11.6 Å². The molecule has 2 amide bonds. The number of fused-ring (bicyclic) bond motifs is 1. The van der Waals surface area contributed by atoms with Crippen LogP contribution in [0.5, 0.6) is 11.5 Å². The van der Waals surface area contributed by atoms with Gasteiger partial charge in [0.05, 0.1) is 22.0 Å². The van der Waals surface area contributed by atoms with E-state index in [9.17, 15) is 27.2 Å². The normalized spacial score (nSPS) is 12.9. The summed E-state index contributed by atoms with van der Waals surface area (Å²) in [7, 11) is 0. The molecule has 182 valence electrons. The third-order valence-electron chi connectivity index (χ3n) is 4.66. The van der Waals surface area contributed by atoms with Gasteiger partial charge < -0.3 is 20.1 Å². The highest BCUT2D eigenvalue weighted by atomic mass is 35.5. The van der Waals surface area contributed by atoms with E-state index in [-0.39, 0.29) is 34.5 Å². The number of para-hydroxylation sites is 1. The average molecular weight is 514 g/mol. The Balaban J connectivity index is 1.75. The number of rotatable bonds is 5. The molecule has 35 heavy (non-hydrogen) atoms. The van der Waals surface area contributed by atoms with E-state index in [2.05, 4.69) is 15.6 Å². The van der Waals surface area contributed by atoms with Crippen molar-refractivity contribution in [3.63, 3.8) is 0 Å². The van der Waals surface area contributed by atoms with Gasteiger partial charge in [0.25, 0.3) is 11.8 Å². The lowest BCUT2D eigenvalue weighted by Crippen LogP contribution is -2.26. The molecule has 0 radical (unpaired) electrons. The van der Waals surface area contributed by atoms with E-state index < -0.39 is 53.2 Å². The summed E-state index contributed by atoms with van der Waals surface area (Å²) >= 11 is 5.87. The maximum absolute atomic E-state index is 15.0. The van der Waals surface area contributed by atoms with Crippen molar-refractivity contribution in [1.29, 1.82) is 0 Å². The molecule has 0 spiro atoms. The summed E-state index contributed by atoms with van der Waals surface area (Å²) in [4.78, 5) is 28.3. The SMILES string of the molecule is O=C1COc2ccc(-c3cc(OCC(F)(F)F)c(C(=O)Nc4c(F)cccc4Cl)cc3F)nc2N1. The lowest BCUT2D eigenvalue weighted by molar-refractivity contribution is -0.153. The number of benzene rings is 2. The number of alkyl halides is 3. The van der Waals surface area contributed by atoms with Crippen molar-refractivity contribution in [3.8, 4) is 22.8 Å². The molecular formula is C22H13ClF5N3O4. The number of carbonyl (C=O) groups is 2. The Morgan fingerprint density at radius 1 is 1.17 bits per heavy atom. The summed E-state index contributed by atoms with van der Waals surface area (Å²) in [6, 6.07) is 7.71. The standard InChI is InChI=1S/C22H13ClF5N3O4/c23-12-2-1-3-13(24)19(12)31-21(33)11-6-14(25)10(7-17(11)35-9-22(26,27)28)15-4-5-16-20(29-15)30-18(32)8-34-16/h1-7H,8-9H2,(H,31,33)(H,29,30,32). The molecule has 0 atom stereocenters. The number of anilines is 2. The first-order chi connectivity index (χ1) is 16.5. The molecular weight excluding hydrogens is 501 g/mol. The number of aromatic nitrogens is 1. The van der Waals surface area contributed by atoms with E-state index >= 15 is 4.39 Å². The predicted molar refractivity (Wildman–Crippen MR) is 115 cm³/mol. The van der Waals surface area contributed by atoms with E-state index in [1.165, 1.54) is 24.3 Å². The summed E-state index contributed by atoms with van der Waals surface area (Å²) in [6.07, 6.45) is -4.77. The van der Waals surface area contributed by atoms with Gasteiger partial charge in [-0.3, -0.25) is 9.59 Å². The second kappa shape index (κ2) is 9.37. The number of ether oxygens (including phenoxy) is 2. The van der Waals surface area contributed by atoms with Gasteiger partial charge in [0.15, 0.2) is 24.8 Å². The molecule has 0 unspecified atom stereocenters. The molecule has 2 aromatic carbocycles. The van der Waals surface area contributed by atoms with Crippen molar-refractivity contribution >= 4 is 34.9 Å². The predicted octanol–water partition coefficient (Wildman–Crippen LogP) is 5.20. The Hall–Kier alpha value is -3.93. The van der Waals surface area contributed by atoms with Gasteiger partial charge in [-0.1, -0.05) is 17.7 Å². The van der Waals surface area contributed by atoms with Crippen LogP contribution in [-0.4, -0.2) is 36.2 Å². The van der Waals surface area contributed by atoms with Crippen molar-refractivity contribution in [2.24, 2.45) is 0 Å². The van der Waals surface area contributed by atoms with E-state index in [4.69, 9.17) is 21.1 Å². The number of halogens is 6. The Kier molecular flexibility index (Phi) is 6.48. The maximum atomic E-state index is 15.0. The molecule has 0 saturated heterocycles. The average Bonchev–Trinajstić information content (AvgIpc) is 2.79. The Morgan fingerprint density at radius 2 is 1.94 bits per heavy atom. The van der Waals surface area contributed by atoms with Crippen LogP contribution in [0.4, 0.5) is 33.5 Å². The van der Waals surface area contributed by atoms with Crippen molar-refractivity contribution < 1.29 is 41.0 Å². The van der Waals surface area contributed by atoms with Crippen LogP contribution in [0.2, 0.25) is 5.02 Å². The van der Waals surface area contributed by atoms with Gasteiger partial charge in [-0.25, -0.2) is 13.8 Å². The first kappa shape index (κ1) is 24.2.